The highest BCUT2D eigenvalue weighted by atomic mass is 32.2. The Labute approximate surface area is 153 Å². The minimum Gasteiger partial charge on any atom is -0.360 e. The lowest BCUT2D eigenvalue weighted by molar-refractivity contribution is 0.501. The number of fused-ring (bicyclic) bond motifs is 1. The van der Waals surface area contributed by atoms with Crippen LogP contribution in [0.3, 0.4) is 0 Å². The molecule has 0 amide bonds. The van der Waals surface area contributed by atoms with E-state index in [1.807, 2.05) is 11.8 Å². The molecule has 2 heterocycles. The third-order valence-corrected chi connectivity index (χ3v) is 6.05. The van der Waals surface area contributed by atoms with E-state index in [-0.39, 0.29) is 0 Å². The third-order valence-electron chi connectivity index (χ3n) is 4.86. The van der Waals surface area contributed by atoms with Crippen LogP contribution < -0.4 is 5.32 Å². The second-order valence-electron chi connectivity index (χ2n) is 6.77. The van der Waals surface area contributed by atoms with Gasteiger partial charge in [-0.15, -0.1) is 11.8 Å². The van der Waals surface area contributed by atoms with Crippen LogP contribution in [-0.4, -0.2) is 22.8 Å². The minimum absolute atomic E-state index is 0.549. The Balaban J connectivity index is 1.40. The first-order chi connectivity index (χ1) is 12.3. The Hall–Kier alpha value is -1.97. The van der Waals surface area contributed by atoms with Crippen LogP contribution in [0.25, 0.3) is 16.5 Å². The first kappa shape index (κ1) is 16.5. The molecule has 2 nitrogen and oxygen atoms in total. The van der Waals surface area contributed by atoms with E-state index in [0.717, 1.165) is 13.0 Å². The SMILES string of the molecule is CC(CC1CC(c2ccccc2)=CCN1)Sc1c[nH]c2ccccc12. The summed E-state index contributed by atoms with van der Waals surface area (Å²) in [6.07, 6.45) is 6.77. The number of benzene rings is 2. The molecular formula is C22H24N2S. The molecule has 0 bridgehead atoms. The quantitative estimate of drug-likeness (QED) is 0.597. The van der Waals surface area contributed by atoms with Crippen LogP contribution >= 0.6 is 11.8 Å². The number of thioether (sulfide) groups is 1. The topological polar surface area (TPSA) is 27.8 Å². The minimum atomic E-state index is 0.549. The predicted octanol–water partition coefficient (Wildman–Crippen LogP) is 5.48. The number of para-hydroxylation sites is 1. The highest BCUT2D eigenvalue weighted by molar-refractivity contribution is 8.00. The smallest absolute Gasteiger partial charge is 0.0465 e. The summed E-state index contributed by atoms with van der Waals surface area (Å²) in [5.41, 5.74) is 4.07. The van der Waals surface area contributed by atoms with Gasteiger partial charge in [0, 0.05) is 39.8 Å². The number of aromatic nitrogens is 1. The summed E-state index contributed by atoms with van der Waals surface area (Å²) in [5.74, 6) is 0. The summed E-state index contributed by atoms with van der Waals surface area (Å²) < 4.78 is 0. The molecule has 25 heavy (non-hydrogen) atoms. The van der Waals surface area contributed by atoms with Crippen molar-refractivity contribution in [1.82, 2.24) is 10.3 Å². The molecule has 128 valence electrons. The number of aromatic amines is 1. The van der Waals surface area contributed by atoms with Gasteiger partial charge in [0.25, 0.3) is 0 Å². The van der Waals surface area contributed by atoms with Crippen molar-refractivity contribution in [2.75, 3.05) is 6.54 Å². The van der Waals surface area contributed by atoms with Crippen molar-refractivity contribution in [3.05, 3.63) is 72.4 Å². The van der Waals surface area contributed by atoms with Crippen molar-refractivity contribution in [3.63, 3.8) is 0 Å². The first-order valence-corrected chi connectivity index (χ1v) is 9.88. The maximum absolute atomic E-state index is 3.67. The molecule has 2 atom stereocenters. The van der Waals surface area contributed by atoms with E-state index in [2.05, 4.69) is 84.1 Å². The molecule has 0 aliphatic carbocycles. The molecule has 1 aliphatic heterocycles. The number of hydrogen-bond donors (Lipinski definition) is 2. The zero-order chi connectivity index (χ0) is 17.1. The normalized spacial score (nSPS) is 18.9. The lowest BCUT2D eigenvalue weighted by atomic mass is 9.93. The van der Waals surface area contributed by atoms with Crippen molar-refractivity contribution in [3.8, 4) is 0 Å². The van der Waals surface area contributed by atoms with E-state index in [1.165, 1.54) is 33.4 Å². The van der Waals surface area contributed by atoms with Gasteiger partial charge < -0.3 is 10.3 Å². The van der Waals surface area contributed by atoms with Crippen molar-refractivity contribution in [2.45, 2.75) is 36.0 Å². The van der Waals surface area contributed by atoms with Gasteiger partial charge in [0.1, 0.15) is 0 Å². The molecular weight excluding hydrogens is 324 g/mol. The van der Waals surface area contributed by atoms with Gasteiger partial charge in [-0.2, -0.15) is 0 Å². The summed E-state index contributed by atoms with van der Waals surface area (Å²) in [5, 5.41) is 5.58. The predicted molar refractivity (Wildman–Crippen MR) is 109 cm³/mol. The van der Waals surface area contributed by atoms with Crippen LogP contribution in [0.1, 0.15) is 25.3 Å². The molecule has 0 radical (unpaired) electrons. The molecule has 0 saturated heterocycles. The van der Waals surface area contributed by atoms with Crippen molar-refractivity contribution >= 4 is 28.2 Å². The fourth-order valence-corrected chi connectivity index (χ4v) is 4.83. The zero-order valence-corrected chi connectivity index (χ0v) is 15.4. The van der Waals surface area contributed by atoms with Crippen LogP contribution in [0.15, 0.2) is 71.8 Å². The highest BCUT2D eigenvalue weighted by Crippen LogP contribution is 2.33. The van der Waals surface area contributed by atoms with E-state index < -0.39 is 0 Å². The van der Waals surface area contributed by atoms with Gasteiger partial charge in [-0.25, -0.2) is 0 Å². The van der Waals surface area contributed by atoms with Crippen LogP contribution in [-0.2, 0) is 0 Å². The average Bonchev–Trinajstić information content (AvgIpc) is 3.06. The van der Waals surface area contributed by atoms with Gasteiger partial charge in [0.05, 0.1) is 0 Å². The zero-order valence-electron chi connectivity index (χ0n) is 14.5. The lowest BCUT2D eigenvalue weighted by Crippen LogP contribution is -2.34. The molecule has 4 rings (SSSR count). The van der Waals surface area contributed by atoms with Gasteiger partial charge >= 0.3 is 0 Å². The lowest BCUT2D eigenvalue weighted by Gasteiger charge is -2.27. The number of H-pyrrole nitrogens is 1. The van der Waals surface area contributed by atoms with Gasteiger partial charge in [0.2, 0.25) is 0 Å². The Morgan fingerprint density at radius 2 is 1.88 bits per heavy atom. The van der Waals surface area contributed by atoms with E-state index in [1.54, 1.807) is 0 Å². The molecule has 3 aromatic rings. The first-order valence-electron chi connectivity index (χ1n) is 9.00. The number of rotatable bonds is 5. The second kappa shape index (κ2) is 7.51. The number of nitrogens with one attached hydrogen (secondary N) is 2. The number of hydrogen-bond acceptors (Lipinski definition) is 2. The molecule has 1 aliphatic rings. The van der Waals surface area contributed by atoms with Gasteiger partial charge in [-0.05, 0) is 30.0 Å². The van der Waals surface area contributed by atoms with E-state index >= 15 is 0 Å². The fraction of sp³-hybridized carbons (Fsp3) is 0.273. The Kier molecular flexibility index (Phi) is 4.95. The summed E-state index contributed by atoms with van der Waals surface area (Å²) in [4.78, 5) is 4.74. The average molecular weight is 349 g/mol. The van der Waals surface area contributed by atoms with Gasteiger partial charge in [-0.1, -0.05) is 61.5 Å². The summed E-state index contributed by atoms with van der Waals surface area (Å²) in [7, 11) is 0. The van der Waals surface area contributed by atoms with Gasteiger partial charge in [-0.3, -0.25) is 0 Å². The second-order valence-corrected chi connectivity index (χ2v) is 8.25. The van der Waals surface area contributed by atoms with E-state index in [4.69, 9.17) is 0 Å². The largest absolute Gasteiger partial charge is 0.360 e. The molecule has 0 fully saturated rings. The maximum atomic E-state index is 3.67. The fourth-order valence-electron chi connectivity index (χ4n) is 3.63. The Morgan fingerprint density at radius 3 is 2.76 bits per heavy atom. The van der Waals surface area contributed by atoms with E-state index in [0.29, 0.717) is 11.3 Å². The van der Waals surface area contributed by atoms with Crippen molar-refractivity contribution < 1.29 is 0 Å². The standard InChI is InChI=1S/C22H24N2S/c1-16(25-22-15-24-21-10-6-5-9-20(21)22)13-19-14-18(11-12-23-19)17-7-3-2-4-8-17/h2-11,15-16,19,23-24H,12-14H2,1H3. The van der Waals surface area contributed by atoms with Crippen molar-refractivity contribution in [1.29, 1.82) is 0 Å². The van der Waals surface area contributed by atoms with Gasteiger partial charge in [0.15, 0.2) is 0 Å². The monoisotopic (exact) mass is 348 g/mol. The third kappa shape index (κ3) is 3.83. The molecule has 0 spiro atoms. The molecule has 3 heteroatoms. The van der Waals surface area contributed by atoms with Crippen LogP contribution in [0, 0.1) is 0 Å². The molecule has 2 aromatic carbocycles. The molecule has 2 unspecified atom stereocenters. The van der Waals surface area contributed by atoms with Crippen LogP contribution in [0.5, 0.6) is 0 Å². The van der Waals surface area contributed by atoms with Crippen molar-refractivity contribution in [2.24, 2.45) is 0 Å². The summed E-state index contributed by atoms with van der Waals surface area (Å²) in [6.45, 7) is 3.31. The van der Waals surface area contributed by atoms with E-state index in [9.17, 15) is 0 Å². The summed E-state index contributed by atoms with van der Waals surface area (Å²) in [6, 6.07) is 19.9. The Bertz CT molecular complexity index is 866. The maximum Gasteiger partial charge on any atom is 0.0465 e. The van der Waals surface area contributed by atoms with Crippen LogP contribution in [0.2, 0.25) is 0 Å². The molecule has 0 saturated carbocycles. The highest BCUT2D eigenvalue weighted by Gasteiger charge is 2.19. The molecule has 2 N–H and O–H groups in total. The molecule has 1 aromatic heterocycles. The van der Waals surface area contributed by atoms with Crippen LogP contribution in [0.4, 0.5) is 0 Å². The Morgan fingerprint density at radius 1 is 1.08 bits per heavy atom. The summed E-state index contributed by atoms with van der Waals surface area (Å²) >= 11 is 1.98.